The van der Waals surface area contributed by atoms with Crippen LogP contribution in [0.2, 0.25) is 0 Å². The van der Waals surface area contributed by atoms with Gasteiger partial charge in [0.15, 0.2) is 0 Å². The summed E-state index contributed by atoms with van der Waals surface area (Å²) in [7, 11) is 0. The summed E-state index contributed by atoms with van der Waals surface area (Å²) in [4.78, 5) is 16.4. The number of benzene rings is 2. The predicted molar refractivity (Wildman–Crippen MR) is 108 cm³/mol. The van der Waals surface area contributed by atoms with E-state index < -0.39 is 6.10 Å². The van der Waals surface area contributed by atoms with Crippen molar-refractivity contribution in [1.82, 2.24) is 4.90 Å². The quantitative estimate of drug-likeness (QED) is 0.851. The Hall–Kier alpha value is -2.53. The van der Waals surface area contributed by atoms with Crippen molar-refractivity contribution in [2.24, 2.45) is 5.92 Å². The van der Waals surface area contributed by atoms with E-state index in [0.29, 0.717) is 25.4 Å². The molecular formula is C22H28N2O3. The van der Waals surface area contributed by atoms with Gasteiger partial charge in [-0.3, -0.25) is 4.79 Å². The van der Waals surface area contributed by atoms with E-state index in [-0.39, 0.29) is 11.7 Å². The summed E-state index contributed by atoms with van der Waals surface area (Å²) in [6.07, 6.45) is -0.400. The third-order valence-electron chi connectivity index (χ3n) is 5.00. The zero-order valence-electron chi connectivity index (χ0n) is 16.0. The normalized spacial score (nSPS) is 15.9. The Morgan fingerprint density at radius 1 is 1.04 bits per heavy atom. The number of aliphatic hydroxyl groups is 1. The molecule has 1 fully saturated rings. The smallest absolute Gasteiger partial charge is 0.251 e. The van der Waals surface area contributed by atoms with Gasteiger partial charge in [-0.15, -0.1) is 0 Å². The number of nitrogens with zero attached hydrogens (tertiary/aromatic N) is 2. The van der Waals surface area contributed by atoms with Crippen LogP contribution in [0.5, 0.6) is 5.75 Å². The highest BCUT2D eigenvalue weighted by molar-refractivity contribution is 5.81. The molecule has 2 aromatic carbocycles. The zero-order valence-corrected chi connectivity index (χ0v) is 16.0. The van der Waals surface area contributed by atoms with Gasteiger partial charge < -0.3 is 20.0 Å². The fraction of sp³-hybridized carbons (Fsp3) is 0.409. The Balaban J connectivity index is 1.66. The first-order valence-corrected chi connectivity index (χ1v) is 9.56. The average molecular weight is 368 g/mol. The topological polar surface area (TPSA) is 64.0 Å². The molecule has 1 unspecified atom stereocenters. The fourth-order valence-electron chi connectivity index (χ4n) is 3.53. The Kier molecular flexibility index (Phi) is 6.01. The van der Waals surface area contributed by atoms with Crippen molar-refractivity contribution in [2.45, 2.75) is 26.4 Å². The first-order valence-electron chi connectivity index (χ1n) is 9.56. The van der Waals surface area contributed by atoms with Gasteiger partial charge in [0.25, 0.3) is 5.91 Å². The van der Waals surface area contributed by atoms with Crippen LogP contribution in [0.3, 0.4) is 0 Å². The van der Waals surface area contributed by atoms with Crippen LogP contribution in [0.4, 0.5) is 5.69 Å². The number of anilines is 1. The molecule has 2 aromatic rings. The van der Waals surface area contributed by atoms with Crippen molar-refractivity contribution in [2.75, 3.05) is 31.1 Å². The number of carbonyl (C=O) groups excluding carboxylic acids is 1. The van der Waals surface area contributed by atoms with Crippen LogP contribution in [-0.4, -0.2) is 53.3 Å². The summed E-state index contributed by atoms with van der Waals surface area (Å²) in [5.41, 5.74) is 2.85. The molecule has 0 radical (unpaired) electrons. The van der Waals surface area contributed by atoms with E-state index in [0.717, 1.165) is 29.9 Å². The highest BCUT2D eigenvalue weighted by Crippen LogP contribution is 2.31. The van der Waals surface area contributed by atoms with Gasteiger partial charge in [0, 0.05) is 37.4 Å². The Morgan fingerprint density at radius 3 is 2.41 bits per heavy atom. The molecule has 144 valence electrons. The molecule has 5 heteroatoms. The van der Waals surface area contributed by atoms with Crippen LogP contribution in [-0.2, 0) is 4.79 Å². The van der Waals surface area contributed by atoms with Crippen LogP contribution < -0.4 is 4.90 Å². The van der Waals surface area contributed by atoms with Crippen molar-refractivity contribution in [3.05, 3.63) is 48.5 Å². The molecule has 3 rings (SSSR count). The van der Waals surface area contributed by atoms with Gasteiger partial charge in [0.2, 0.25) is 0 Å². The van der Waals surface area contributed by atoms with Crippen molar-refractivity contribution < 1.29 is 15.0 Å². The summed E-state index contributed by atoms with van der Waals surface area (Å²) < 4.78 is 0. The first-order chi connectivity index (χ1) is 13.0. The lowest BCUT2D eigenvalue weighted by molar-refractivity contribution is -0.141. The van der Waals surface area contributed by atoms with E-state index in [4.69, 9.17) is 0 Å². The van der Waals surface area contributed by atoms with E-state index in [1.54, 1.807) is 11.0 Å². The number of phenolic OH excluding ortho intramolecular Hbond substituents is 1. The number of para-hydroxylation sites is 1. The van der Waals surface area contributed by atoms with Crippen molar-refractivity contribution in [1.29, 1.82) is 0 Å². The zero-order chi connectivity index (χ0) is 19.4. The highest BCUT2D eigenvalue weighted by atomic mass is 16.3. The summed E-state index contributed by atoms with van der Waals surface area (Å²) in [6, 6.07) is 15.4. The molecule has 0 saturated carbocycles. The number of piperazine rings is 1. The van der Waals surface area contributed by atoms with E-state index >= 15 is 0 Å². The largest absolute Gasteiger partial charge is 0.507 e. The van der Waals surface area contributed by atoms with Gasteiger partial charge in [0.05, 0.1) is 0 Å². The molecule has 1 atom stereocenters. The number of aromatic hydroxyl groups is 1. The molecule has 0 aromatic heterocycles. The van der Waals surface area contributed by atoms with Crippen LogP contribution in [0, 0.1) is 5.92 Å². The molecule has 0 spiro atoms. The Labute approximate surface area is 160 Å². The predicted octanol–water partition coefficient (Wildman–Crippen LogP) is 3.11. The Morgan fingerprint density at radius 2 is 1.74 bits per heavy atom. The van der Waals surface area contributed by atoms with Gasteiger partial charge in [-0.05, 0) is 36.1 Å². The van der Waals surface area contributed by atoms with Crippen molar-refractivity contribution in [3.63, 3.8) is 0 Å². The molecule has 2 N–H and O–H groups in total. The summed E-state index contributed by atoms with van der Waals surface area (Å²) in [6.45, 7) is 6.68. The van der Waals surface area contributed by atoms with Gasteiger partial charge in [-0.1, -0.05) is 44.2 Å². The van der Waals surface area contributed by atoms with Gasteiger partial charge in [0.1, 0.15) is 11.9 Å². The minimum Gasteiger partial charge on any atom is -0.507 e. The number of amides is 1. The second-order valence-electron chi connectivity index (χ2n) is 7.53. The number of hydrogen-bond acceptors (Lipinski definition) is 4. The molecule has 1 amide bonds. The molecule has 5 nitrogen and oxygen atoms in total. The van der Waals surface area contributed by atoms with E-state index in [9.17, 15) is 15.0 Å². The third-order valence-corrected chi connectivity index (χ3v) is 5.00. The van der Waals surface area contributed by atoms with Gasteiger partial charge >= 0.3 is 0 Å². The van der Waals surface area contributed by atoms with Gasteiger partial charge in [-0.2, -0.15) is 0 Å². The summed E-state index contributed by atoms with van der Waals surface area (Å²) in [5, 5.41) is 20.2. The number of hydrogen-bond donors (Lipinski definition) is 2. The second kappa shape index (κ2) is 8.44. The number of rotatable bonds is 5. The Bertz CT molecular complexity index is 783. The molecule has 27 heavy (non-hydrogen) atoms. The van der Waals surface area contributed by atoms with E-state index in [1.807, 2.05) is 44.2 Å². The molecule has 0 aliphatic carbocycles. The minimum absolute atomic E-state index is 0.161. The summed E-state index contributed by atoms with van der Waals surface area (Å²) in [5.74, 6) is 0.401. The van der Waals surface area contributed by atoms with Crippen molar-refractivity contribution >= 4 is 11.6 Å². The van der Waals surface area contributed by atoms with Crippen LogP contribution in [0.15, 0.2) is 48.5 Å². The monoisotopic (exact) mass is 368 g/mol. The molecule has 1 aliphatic rings. The lowest BCUT2D eigenvalue weighted by atomic mass is 10.0. The lowest BCUT2D eigenvalue weighted by Crippen LogP contribution is -2.51. The molecule has 1 saturated heterocycles. The maximum absolute atomic E-state index is 12.4. The molecular weight excluding hydrogens is 340 g/mol. The van der Waals surface area contributed by atoms with E-state index in [2.05, 4.69) is 17.0 Å². The molecule has 1 aliphatic heterocycles. The van der Waals surface area contributed by atoms with Crippen LogP contribution in [0.25, 0.3) is 11.1 Å². The molecule has 0 bridgehead atoms. The minimum atomic E-state index is -0.902. The third kappa shape index (κ3) is 4.61. The van der Waals surface area contributed by atoms with Gasteiger partial charge in [-0.25, -0.2) is 0 Å². The first kappa shape index (κ1) is 19.2. The van der Waals surface area contributed by atoms with Crippen LogP contribution in [0.1, 0.15) is 20.3 Å². The van der Waals surface area contributed by atoms with Crippen molar-refractivity contribution in [3.8, 4) is 16.9 Å². The molecule has 1 heterocycles. The average Bonchev–Trinajstić information content (AvgIpc) is 2.67. The summed E-state index contributed by atoms with van der Waals surface area (Å²) >= 11 is 0. The highest BCUT2D eigenvalue weighted by Gasteiger charge is 2.26. The lowest BCUT2D eigenvalue weighted by Gasteiger charge is -2.37. The van der Waals surface area contributed by atoms with E-state index in [1.165, 1.54) is 0 Å². The number of aliphatic hydroxyl groups excluding tert-OH is 1. The SMILES string of the molecule is CC(C)CC(O)C(=O)N1CCN(c2cccc(-c3ccccc3O)c2)CC1. The maximum Gasteiger partial charge on any atom is 0.251 e. The standard InChI is InChI=1S/C22H28N2O3/c1-16(2)14-21(26)22(27)24-12-10-23(11-13-24)18-7-5-6-17(15-18)19-8-3-4-9-20(19)25/h3-9,15-16,21,25-26H,10-14H2,1-2H3. The second-order valence-corrected chi connectivity index (χ2v) is 7.53. The van der Waals surface area contributed by atoms with Crippen LogP contribution >= 0.6 is 0 Å². The number of carbonyl (C=O) groups is 1. The fourth-order valence-corrected chi connectivity index (χ4v) is 3.53. The number of phenols is 1. The maximum atomic E-state index is 12.4.